The minimum atomic E-state index is 0.142. The van der Waals surface area contributed by atoms with Crippen LogP contribution in [-0.2, 0) is 4.79 Å². The maximum atomic E-state index is 11.5. The summed E-state index contributed by atoms with van der Waals surface area (Å²) in [5.41, 5.74) is 1.14. The number of amides is 1. The lowest BCUT2D eigenvalue weighted by Crippen LogP contribution is -2.30. The van der Waals surface area contributed by atoms with Crippen molar-refractivity contribution in [3.63, 3.8) is 0 Å². The minimum absolute atomic E-state index is 0.142. The van der Waals surface area contributed by atoms with Gasteiger partial charge in [0.15, 0.2) is 0 Å². The molecule has 1 fully saturated rings. The normalized spacial score (nSPS) is 16.3. The number of benzene rings is 1. The second kappa shape index (κ2) is 6.21. The summed E-state index contributed by atoms with van der Waals surface area (Å²) in [6, 6.07) is 8.44. The van der Waals surface area contributed by atoms with Crippen LogP contribution in [0.1, 0.15) is 37.8 Å². The van der Waals surface area contributed by atoms with E-state index in [1.807, 2.05) is 24.3 Å². The Morgan fingerprint density at radius 2 is 2.28 bits per heavy atom. The molecule has 1 atom stereocenters. The van der Waals surface area contributed by atoms with Gasteiger partial charge in [0.25, 0.3) is 0 Å². The molecule has 1 aliphatic carbocycles. The van der Waals surface area contributed by atoms with E-state index < -0.39 is 0 Å². The lowest BCUT2D eigenvalue weighted by atomic mass is 10.1. The SMILES string of the molecule is C[C@H](NCCC(=O)NC1CC1)c1cccc(Cl)c1. The molecular formula is C14H19ClN2O. The largest absolute Gasteiger partial charge is 0.353 e. The average Bonchev–Trinajstić information content (AvgIpc) is 3.12. The van der Waals surface area contributed by atoms with E-state index in [0.29, 0.717) is 19.0 Å². The van der Waals surface area contributed by atoms with Crippen LogP contribution in [0.5, 0.6) is 0 Å². The third-order valence-corrected chi connectivity index (χ3v) is 3.33. The van der Waals surface area contributed by atoms with E-state index in [4.69, 9.17) is 11.6 Å². The predicted octanol–water partition coefficient (Wildman–Crippen LogP) is 2.66. The minimum Gasteiger partial charge on any atom is -0.353 e. The predicted molar refractivity (Wildman–Crippen MR) is 73.7 cm³/mol. The van der Waals surface area contributed by atoms with Gasteiger partial charge in [-0.1, -0.05) is 23.7 Å². The van der Waals surface area contributed by atoms with Crippen LogP contribution >= 0.6 is 11.6 Å². The van der Waals surface area contributed by atoms with Gasteiger partial charge in [-0.25, -0.2) is 0 Å². The van der Waals surface area contributed by atoms with E-state index >= 15 is 0 Å². The van der Waals surface area contributed by atoms with Gasteiger partial charge in [-0.05, 0) is 37.5 Å². The first kappa shape index (κ1) is 13.4. The average molecular weight is 267 g/mol. The van der Waals surface area contributed by atoms with Gasteiger partial charge in [-0.3, -0.25) is 4.79 Å². The van der Waals surface area contributed by atoms with Crippen LogP contribution in [0.25, 0.3) is 0 Å². The number of carbonyl (C=O) groups excluding carboxylic acids is 1. The van der Waals surface area contributed by atoms with E-state index in [9.17, 15) is 4.79 Å². The summed E-state index contributed by atoms with van der Waals surface area (Å²) < 4.78 is 0. The molecule has 2 N–H and O–H groups in total. The van der Waals surface area contributed by atoms with Gasteiger partial charge < -0.3 is 10.6 Å². The zero-order chi connectivity index (χ0) is 13.0. The molecule has 0 radical (unpaired) electrons. The molecule has 1 saturated carbocycles. The Morgan fingerprint density at radius 1 is 1.50 bits per heavy atom. The van der Waals surface area contributed by atoms with Crippen molar-refractivity contribution < 1.29 is 4.79 Å². The first-order chi connectivity index (χ1) is 8.65. The fraction of sp³-hybridized carbons (Fsp3) is 0.500. The number of carbonyl (C=O) groups is 1. The van der Waals surface area contributed by atoms with E-state index in [1.165, 1.54) is 0 Å². The van der Waals surface area contributed by atoms with E-state index in [0.717, 1.165) is 23.4 Å². The van der Waals surface area contributed by atoms with Crippen molar-refractivity contribution >= 4 is 17.5 Å². The van der Waals surface area contributed by atoms with Gasteiger partial charge in [0.1, 0.15) is 0 Å². The molecule has 0 saturated heterocycles. The lowest BCUT2D eigenvalue weighted by Gasteiger charge is -2.14. The fourth-order valence-electron chi connectivity index (χ4n) is 1.82. The first-order valence-electron chi connectivity index (χ1n) is 6.43. The van der Waals surface area contributed by atoms with E-state index in [-0.39, 0.29) is 11.9 Å². The smallest absolute Gasteiger partial charge is 0.221 e. The van der Waals surface area contributed by atoms with Crippen LogP contribution < -0.4 is 10.6 Å². The van der Waals surface area contributed by atoms with Crippen molar-refractivity contribution in [1.82, 2.24) is 10.6 Å². The van der Waals surface area contributed by atoms with Crippen LogP contribution in [0.3, 0.4) is 0 Å². The van der Waals surface area contributed by atoms with Crippen LogP contribution in [0.15, 0.2) is 24.3 Å². The number of nitrogens with one attached hydrogen (secondary N) is 2. The van der Waals surface area contributed by atoms with Gasteiger partial charge in [0.2, 0.25) is 5.91 Å². The molecule has 0 aromatic heterocycles. The Kier molecular flexibility index (Phi) is 4.61. The maximum absolute atomic E-state index is 11.5. The van der Waals surface area contributed by atoms with Crippen LogP contribution in [0, 0.1) is 0 Å². The Hall–Kier alpha value is -1.06. The van der Waals surface area contributed by atoms with Crippen LogP contribution in [0.2, 0.25) is 5.02 Å². The Morgan fingerprint density at radius 3 is 2.94 bits per heavy atom. The Labute approximate surface area is 113 Å². The van der Waals surface area contributed by atoms with Gasteiger partial charge in [-0.2, -0.15) is 0 Å². The zero-order valence-corrected chi connectivity index (χ0v) is 11.3. The molecule has 2 rings (SSSR count). The molecule has 0 unspecified atom stereocenters. The summed E-state index contributed by atoms with van der Waals surface area (Å²) >= 11 is 5.95. The molecule has 98 valence electrons. The second-order valence-corrected chi connectivity index (χ2v) is 5.26. The molecule has 3 nitrogen and oxygen atoms in total. The van der Waals surface area contributed by atoms with Crippen molar-refractivity contribution in [1.29, 1.82) is 0 Å². The highest BCUT2D eigenvalue weighted by Gasteiger charge is 2.22. The molecule has 0 bridgehead atoms. The monoisotopic (exact) mass is 266 g/mol. The first-order valence-corrected chi connectivity index (χ1v) is 6.81. The molecule has 0 heterocycles. The van der Waals surface area contributed by atoms with Gasteiger partial charge in [-0.15, -0.1) is 0 Å². The molecule has 4 heteroatoms. The lowest BCUT2D eigenvalue weighted by molar-refractivity contribution is -0.121. The topological polar surface area (TPSA) is 41.1 Å². The zero-order valence-electron chi connectivity index (χ0n) is 10.6. The maximum Gasteiger partial charge on any atom is 0.221 e. The number of halogens is 1. The van der Waals surface area contributed by atoms with Crippen LogP contribution in [-0.4, -0.2) is 18.5 Å². The Bertz CT molecular complexity index is 418. The van der Waals surface area contributed by atoms with Crippen molar-refractivity contribution in [2.75, 3.05) is 6.54 Å². The molecule has 1 aliphatic rings. The number of rotatable bonds is 6. The van der Waals surface area contributed by atoms with Gasteiger partial charge in [0.05, 0.1) is 0 Å². The quantitative estimate of drug-likeness (QED) is 0.831. The summed E-state index contributed by atoms with van der Waals surface area (Å²) in [5, 5.41) is 7.05. The highest BCUT2D eigenvalue weighted by Crippen LogP contribution is 2.19. The van der Waals surface area contributed by atoms with Crippen molar-refractivity contribution in [2.45, 2.75) is 38.3 Å². The molecule has 1 aromatic carbocycles. The van der Waals surface area contributed by atoms with Gasteiger partial charge >= 0.3 is 0 Å². The summed E-state index contributed by atoms with van der Waals surface area (Å²) in [4.78, 5) is 11.5. The fourth-order valence-corrected chi connectivity index (χ4v) is 2.02. The summed E-state index contributed by atoms with van der Waals surface area (Å²) in [6.45, 7) is 2.76. The van der Waals surface area contributed by atoms with Crippen molar-refractivity contribution in [3.05, 3.63) is 34.9 Å². The van der Waals surface area contributed by atoms with E-state index in [2.05, 4.69) is 17.6 Å². The van der Waals surface area contributed by atoms with Crippen LogP contribution in [0.4, 0.5) is 0 Å². The summed E-state index contributed by atoms with van der Waals surface area (Å²) in [7, 11) is 0. The third-order valence-electron chi connectivity index (χ3n) is 3.09. The molecule has 0 spiro atoms. The van der Waals surface area contributed by atoms with Gasteiger partial charge in [0, 0.05) is 30.1 Å². The molecule has 18 heavy (non-hydrogen) atoms. The van der Waals surface area contributed by atoms with E-state index in [1.54, 1.807) is 0 Å². The third kappa shape index (κ3) is 4.31. The summed E-state index contributed by atoms with van der Waals surface area (Å²) in [5.74, 6) is 0.142. The molecular weight excluding hydrogens is 248 g/mol. The Balaban J connectivity index is 1.70. The van der Waals surface area contributed by atoms with Crippen molar-refractivity contribution in [3.8, 4) is 0 Å². The molecule has 1 amide bonds. The second-order valence-electron chi connectivity index (χ2n) is 4.82. The summed E-state index contributed by atoms with van der Waals surface area (Å²) in [6.07, 6.45) is 2.80. The van der Waals surface area contributed by atoms with Crippen molar-refractivity contribution in [2.24, 2.45) is 0 Å². The highest BCUT2D eigenvalue weighted by atomic mass is 35.5. The standard InChI is InChI=1S/C14H19ClN2O/c1-10(11-3-2-4-12(15)9-11)16-8-7-14(18)17-13-5-6-13/h2-4,9-10,13,16H,5-8H2,1H3,(H,17,18)/t10-/m0/s1. The number of hydrogen-bond donors (Lipinski definition) is 2. The highest BCUT2D eigenvalue weighted by molar-refractivity contribution is 6.30. The molecule has 1 aromatic rings. The number of hydrogen-bond acceptors (Lipinski definition) is 2. The molecule has 0 aliphatic heterocycles.